The number of nitrogens with zero attached hydrogens (tertiary/aromatic N) is 1. The molecule has 2 nitrogen and oxygen atoms in total. The minimum Gasteiger partial charge on any atom is -0.320 e. The van der Waals surface area contributed by atoms with Gasteiger partial charge in [0.25, 0.3) is 0 Å². The number of nitrogens with one attached hydrogen (secondary N) is 1. The highest BCUT2D eigenvalue weighted by Gasteiger charge is 2.23. The van der Waals surface area contributed by atoms with Gasteiger partial charge < -0.3 is 5.32 Å². The third-order valence-corrected chi connectivity index (χ3v) is 5.00. The summed E-state index contributed by atoms with van der Waals surface area (Å²) in [5.41, 5.74) is 0. The van der Waals surface area contributed by atoms with E-state index in [1.165, 1.54) is 43.8 Å². The Bertz CT molecular complexity index is 302. The van der Waals surface area contributed by atoms with Crippen molar-refractivity contribution >= 4 is 11.3 Å². The van der Waals surface area contributed by atoms with E-state index < -0.39 is 0 Å². The van der Waals surface area contributed by atoms with Crippen molar-refractivity contribution in [2.24, 2.45) is 5.92 Å². The maximum absolute atomic E-state index is 3.26. The number of hydrogen-bond acceptors (Lipinski definition) is 3. The summed E-state index contributed by atoms with van der Waals surface area (Å²) in [5.74, 6) is 0.939. The zero-order chi connectivity index (χ0) is 12.1. The predicted molar refractivity (Wildman–Crippen MR) is 75.6 cm³/mol. The van der Waals surface area contributed by atoms with Crippen LogP contribution in [0.4, 0.5) is 0 Å². The van der Waals surface area contributed by atoms with Gasteiger partial charge in [-0.3, -0.25) is 4.90 Å². The van der Waals surface area contributed by atoms with E-state index in [0.29, 0.717) is 6.04 Å². The fourth-order valence-electron chi connectivity index (χ4n) is 2.69. The molecule has 1 N–H and O–H groups in total. The molecule has 0 saturated carbocycles. The van der Waals surface area contributed by atoms with E-state index in [9.17, 15) is 0 Å². The fraction of sp³-hybridized carbons (Fsp3) is 0.714. The number of thiophene rings is 1. The summed E-state index contributed by atoms with van der Waals surface area (Å²) < 4.78 is 0. The molecule has 1 aliphatic heterocycles. The van der Waals surface area contributed by atoms with Gasteiger partial charge in [0, 0.05) is 10.9 Å². The molecular weight excluding hydrogens is 228 g/mol. The van der Waals surface area contributed by atoms with Crippen LogP contribution in [0.25, 0.3) is 0 Å². The summed E-state index contributed by atoms with van der Waals surface area (Å²) in [6.45, 7) is 6.06. The van der Waals surface area contributed by atoms with Gasteiger partial charge in [-0.1, -0.05) is 6.07 Å². The predicted octanol–water partition coefficient (Wildman–Crippen LogP) is 3.13. The van der Waals surface area contributed by atoms with Gasteiger partial charge in [-0.2, -0.15) is 0 Å². The molecule has 0 radical (unpaired) electrons. The quantitative estimate of drug-likeness (QED) is 0.866. The molecule has 0 aromatic carbocycles. The Morgan fingerprint density at radius 1 is 1.47 bits per heavy atom. The summed E-state index contributed by atoms with van der Waals surface area (Å²) in [6.07, 6.45) is 4.09. The van der Waals surface area contributed by atoms with Crippen molar-refractivity contribution in [3.8, 4) is 0 Å². The minimum atomic E-state index is 0.611. The van der Waals surface area contributed by atoms with E-state index >= 15 is 0 Å². The van der Waals surface area contributed by atoms with Crippen molar-refractivity contribution in [1.29, 1.82) is 0 Å². The van der Waals surface area contributed by atoms with Gasteiger partial charge in [0.2, 0.25) is 0 Å². The van der Waals surface area contributed by atoms with E-state index in [2.05, 4.69) is 34.7 Å². The van der Waals surface area contributed by atoms with Crippen molar-refractivity contribution in [2.75, 3.05) is 26.7 Å². The van der Waals surface area contributed by atoms with Gasteiger partial charge in [0.1, 0.15) is 0 Å². The summed E-state index contributed by atoms with van der Waals surface area (Å²) in [4.78, 5) is 4.15. The second-order valence-corrected chi connectivity index (χ2v) is 6.04. The first-order valence-corrected chi connectivity index (χ1v) is 7.61. The zero-order valence-electron chi connectivity index (χ0n) is 11.0. The first-order chi connectivity index (χ1) is 8.31. The molecule has 1 fully saturated rings. The lowest BCUT2D eigenvalue weighted by molar-refractivity contribution is 0.139. The first kappa shape index (κ1) is 13.1. The van der Waals surface area contributed by atoms with Crippen molar-refractivity contribution in [3.05, 3.63) is 22.4 Å². The Morgan fingerprint density at radius 2 is 2.24 bits per heavy atom. The van der Waals surface area contributed by atoms with Crippen LogP contribution in [0.1, 0.15) is 37.1 Å². The average molecular weight is 252 g/mol. The third-order valence-electron chi connectivity index (χ3n) is 3.95. The summed E-state index contributed by atoms with van der Waals surface area (Å²) in [7, 11) is 2.05. The largest absolute Gasteiger partial charge is 0.320 e. The van der Waals surface area contributed by atoms with Gasteiger partial charge >= 0.3 is 0 Å². The van der Waals surface area contributed by atoms with E-state index in [1.807, 2.05) is 18.4 Å². The van der Waals surface area contributed by atoms with E-state index in [4.69, 9.17) is 0 Å². The third kappa shape index (κ3) is 3.54. The molecule has 1 aromatic rings. The maximum Gasteiger partial charge on any atom is 0.0413 e. The van der Waals surface area contributed by atoms with Gasteiger partial charge in [0.15, 0.2) is 0 Å². The van der Waals surface area contributed by atoms with Gasteiger partial charge in [-0.25, -0.2) is 0 Å². The number of hydrogen-bond donors (Lipinski definition) is 1. The van der Waals surface area contributed by atoms with E-state index in [-0.39, 0.29) is 0 Å². The van der Waals surface area contributed by atoms with Crippen LogP contribution in [-0.4, -0.2) is 31.6 Å². The highest BCUT2D eigenvalue weighted by Crippen LogP contribution is 2.29. The molecular formula is C14H24N2S. The van der Waals surface area contributed by atoms with Gasteiger partial charge in [0.05, 0.1) is 0 Å². The molecule has 17 heavy (non-hydrogen) atoms. The molecule has 0 spiro atoms. The summed E-state index contributed by atoms with van der Waals surface area (Å²) >= 11 is 1.89. The molecule has 1 unspecified atom stereocenters. The zero-order valence-corrected chi connectivity index (χ0v) is 11.8. The van der Waals surface area contributed by atoms with Crippen LogP contribution < -0.4 is 5.32 Å². The Balaban J connectivity index is 1.79. The summed E-state index contributed by atoms with van der Waals surface area (Å²) in [5, 5.41) is 5.45. The van der Waals surface area contributed by atoms with Crippen LogP contribution in [0.3, 0.4) is 0 Å². The van der Waals surface area contributed by atoms with E-state index in [1.54, 1.807) is 0 Å². The standard InChI is InChI=1S/C14H24N2S/c1-12(14-4-3-11-17-14)16-9-6-13(7-10-16)5-8-15-2/h3-4,11-13,15H,5-10H2,1-2H3. The van der Waals surface area contributed by atoms with Crippen molar-refractivity contribution in [3.63, 3.8) is 0 Å². The summed E-state index contributed by atoms with van der Waals surface area (Å²) in [6, 6.07) is 5.04. The van der Waals surface area contributed by atoms with Crippen LogP contribution >= 0.6 is 11.3 Å². The van der Waals surface area contributed by atoms with Crippen molar-refractivity contribution in [1.82, 2.24) is 10.2 Å². The maximum atomic E-state index is 3.26. The number of piperidine rings is 1. The van der Waals surface area contributed by atoms with Crippen LogP contribution in [0, 0.1) is 5.92 Å². The SMILES string of the molecule is CNCCC1CCN(C(C)c2cccs2)CC1. The molecule has 0 amide bonds. The average Bonchev–Trinajstić information content (AvgIpc) is 2.90. The van der Waals surface area contributed by atoms with Crippen LogP contribution in [-0.2, 0) is 0 Å². The topological polar surface area (TPSA) is 15.3 Å². The van der Waals surface area contributed by atoms with Crippen LogP contribution in [0.15, 0.2) is 17.5 Å². The lowest BCUT2D eigenvalue weighted by atomic mass is 9.92. The highest BCUT2D eigenvalue weighted by molar-refractivity contribution is 7.10. The molecule has 1 aliphatic rings. The number of likely N-dealkylation sites (tertiary alicyclic amines) is 1. The Morgan fingerprint density at radius 3 is 2.82 bits per heavy atom. The van der Waals surface area contributed by atoms with Gasteiger partial charge in [-0.05, 0) is 70.2 Å². The van der Waals surface area contributed by atoms with E-state index in [0.717, 1.165) is 5.92 Å². The highest BCUT2D eigenvalue weighted by atomic mass is 32.1. The molecule has 96 valence electrons. The molecule has 3 heteroatoms. The minimum absolute atomic E-state index is 0.611. The van der Waals surface area contributed by atoms with Crippen molar-refractivity contribution in [2.45, 2.75) is 32.2 Å². The molecule has 1 atom stereocenters. The first-order valence-electron chi connectivity index (χ1n) is 6.73. The second-order valence-electron chi connectivity index (χ2n) is 5.06. The Hall–Kier alpha value is -0.380. The smallest absolute Gasteiger partial charge is 0.0413 e. The second kappa shape index (κ2) is 6.53. The van der Waals surface area contributed by atoms with Gasteiger partial charge in [-0.15, -0.1) is 11.3 Å². The number of rotatable bonds is 5. The molecule has 1 aromatic heterocycles. The lowest BCUT2D eigenvalue weighted by Gasteiger charge is -2.35. The lowest BCUT2D eigenvalue weighted by Crippen LogP contribution is -2.36. The van der Waals surface area contributed by atoms with Crippen LogP contribution in [0.5, 0.6) is 0 Å². The van der Waals surface area contributed by atoms with Crippen molar-refractivity contribution < 1.29 is 0 Å². The Kier molecular flexibility index (Phi) is 5.01. The normalized spacial score (nSPS) is 20.6. The molecule has 0 bridgehead atoms. The molecule has 1 saturated heterocycles. The van der Waals surface area contributed by atoms with Crippen LogP contribution in [0.2, 0.25) is 0 Å². The fourth-order valence-corrected chi connectivity index (χ4v) is 3.50. The molecule has 0 aliphatic carbocycles. The monoisotopic (exact) mass is 252 g/mol. The Labute approximate surface area is 109 Å². The molecule has 2 rings (SSSR count). The molecule has 2 heterocycles.